The Morgan fingerprint density at radius 3 is 2.74 bits per heavy atom. The van der Waals surface area contributed by atoms with E-state index in [1.54, 1.807) is 25.1 Å². The van der Waals surface area contributed by atoms with Crippen molar-refractivity contribution < 1.29 is 14.3 Å². The lowest BCUT2D eigenvalue weighted by Gasteiger charge is -2.33. The van der Waals surface area contributed by atoms with Crippen LogP contribution < -0.4 is 10.1 Å². The summed E-state index contributed by atoms with van der Waals surface area (Å²) >= 11 is 1.30. The number of hydrogen-bond donors (Lipinski definition) is 1. The lowest BCUT2D eigenvalue weighted by molar-refractivity contribution is -0.115. The summed E-state index contributed by atoms with van der Waals surface area (Å²) in [5, 5.41) is 12.1. The number of nitrogens with zero attached hydrogens (tertiary/aromatic N) is 3. The van der Waals surface area contributed by atoms with Crippen LogP contribution in [-0.2, 0) is 10.2 Å². The number of carbonyl (C=O) groups excluding carboxylic acids is 2. The first-order chi connectivity index (χ1) is 14.7. The number of aromatic nitrogens is 3. The van der Waals surface area contributed by atoms with Crippen molar-refractivity contribution in [3.05, 3.63) is 35.2 Å². The number of ether oxygens (including phenoxy) is 1. The van der Waals surface area contributed by atoms with Crippen LogP contribution in [0.1, 0.15) is 74.6 Å². The Labute approximate surface area is 186 Å². The Kier molecular flexibility index (Phi) is 5.54. The number of ketones is 1. The summed E-state index contributed by atoms with van der Waals surface area (Å²) in [5.74, 6) is 0.905. The maximum absolute atomic E-state index is 12.8. The summed E-state index contributed by atoms with van der Waals surface area (Å²) < 4.78 is 5.29. The minimum atomic E-state index is -0.138. The molecule has 2 aliphatic carbocycles. The molecule has 4 rings (SSSR count). The summed E-state index contributed by atoms with van der Waals surface area (Å²) in [5.41, 5.74) is 3.20. The molecule has 1 aromatic carbocycles. The van der Waals surface area contributed by atoms with Crippen molar-refractivity contribution >= 4 is 29.1 Å². The SMILES string of the molecule is CCC(=O)Nc1cc(C(=O)CSc2nnc3c(n2)[C@@]2(C)CC[C@H]3C2(C)C)ccc1OC. The van der Waals surface area contributed by atoms with Crippen LogP contribution in [0.5, 0.6) is 5.75 Å². The van der Waals surface area contributed by atoms with E-state index in [4.69, 9.17) is 9.72 Å². The van der Waals surface area contributed by atoms with Gasteiger partial charge in [0.2, 0.25) is 11.1 Å². The van der Waals surface area contributed by atoms with E-state index in [1.165, 1.54) is 18.9 Å². The van der Waals surface area contributed by atoms with Crippen molar-refractivity contribution in [1.29, 1.82) is 0 Å². The lowest BCUT2D eigenvalue weighted by atomic mass is 9.70. The fraction of sp³-hybridized carbons (Fsp3) is 0.522. The second-order valence-corrected chi connectivity index (χ2v) is 9.94. The number of Topliss-reactive ketones (excluding diaryl/α,β-unsaturated/α-hetero) is 1. The summed E-state index contributed by atoms with van der Waals surface area (Å²) in [7, 11) is 1.53. The number of carbonyl (C=O) groups is 2. The third-order valence-corrected chi connectivity index (χ3v) is 8.06. The minimum Gasteiger partial charge on any atom is -0.495 e. The maximum atomic E-state index is 12.8. The summed E-state index contributed by atoms with van der Waals surface area (Å²) in [6.07, 6.45) is 2.58. The van der Waals surface area contributed by atoms with Crippen molar-refractivity contribution in [3.63, 3.8) is 0 Å². The van der Waals surface area contributed by atoms with Crippen molar-refractivity contribution in [2.75, 3.05) is 18.2 Å². The quantitative estimate of drug-likeness (QED) is 0.504. The first kappa shape index (κ1) is 21.7. The van der Waals surface area contributed by atoms with Gasteiger partial charge in [-0.3, -0.25) is 9.59 Å². The summed E-state index contributed by atoms with van der Waals surface area (Å²) in [4.78, 5) is 29.4. The van der Waals surface area contributed by atoms with E-state index in [0.29, 0.717) is 34.5 Å². The first-order valence-electron chi connectivity index (χ1n) is 10.6. The molecule has 8 heteroatoms. The number of amides is 1. The van der Waals surface area contributed by atoms with Gasteiger partial charge < -0.3 is 10.1 Å². The van der Waals surface area contributed by atoms with Gasteiger partial charge in [0.1, 0.15) is 5.75 Å². The van der Waals surface area contributed by atoms with Crippen LogP contribution in [-0.4, -0.2) is 39.7 Å². The van der Waals surface area contributed by atoms with Crippen molar-refractivity contribution in [1.82, 2.24) is 15.2 Å². The van der Waals surface area contributed by atoms with Gasteiger partial charge in [-0.1, -0.05) is 39.5 Å². The number of thioether (sulfide) groups is 1. The van der Waals surface area contributed by atoms with Crippen LogP contribution in [0.4, 0.5) is 5.69 Å². The maximum Gasteiger partial charge on any atom is 0.224 e. The number of methoxy groups -OCH3 is 1. The van der Waals surface area contributed by atoms with Crippen LogP contribution in [0.25, 0.3) is 0 Å². The number of benzene rings is 1. The molecule has 2 aromatic rings. The van der Waals surface area contributed by atoms with Gasteiger partial charge in [-0.15, -0.1) is 5.10 Å². The largest absolute Gasteiger partial charge is 0.495 e. The van der Waals surface area contributed by atoms with Crippen LogP contribution >= 0.6 is 11.8 Å². The number of anilines is 1. The van der Waals surface area contributed by atoms with Crippen LogP contribution in [0.3, 0.4) is 0 Å². The predicted octanol–water partition coefficient (Wildman–Crippen LogP) is 4.38. The zero-order chi connectivity index (χ0) is 22.4. The average molecular weight is 441 g/mol. The van der Waals surface area contributed by atoms with Crippen molar-refractivity contribution in [2.24, 2.45) is 5.41 Å². The Balaban J connectivity index is 1.49. The molecule has 1 fully saturated rings. The lowest BCUT2D eigenvalue weighted by Crippen LogP contribution is -2.32. The Morgan fingerprint density at radius 2 is 2.03 bits per heavy atom. The monoisotopic (exact) mass is 440 g/mol. The standard InChI is InChI=1S/C23H28N4O3S/c1-6-18(29)24-15-11-13(7-8-17(15)30-5)16(28)12-31-21-25-20-19(26-27-21)14-9-10-23(20,4)22(14,2)3/h7-8,11,14H,6,9-10,12H2,1-5H3,(H,24,29)/t14-,23-/m1/s1. The molecular weight excluding hydrogens is 412 g/mol. The fourth-order valence-corrected chi connectivity index (χ4v) is 5.54. The molecular formula is C23H28N4O3S. The molecule has 1 saturated carbocycles. The van der Waals surface area contributed by atoms with Gasteiger partial charge in [0.05, 0.1) is 29.9 Å². The van der Waals surface area contributed by atoms with Crippen molar-refractivity contribution in [2.45, 2.75) is 63.4 Å². The fourth-order valence-electron chi connectivity index (χ4n) is 4.85. The Bertz CT molecular complexity index is 1060. The Morgan fingerprint density at radius 1 is 1.26 bits per heavy atom. The van der Waals surface area contributed by atoms with Crippen LogP contribution in [0, 0.1) is 5.41 Å². The second-order valence-electron chi connectivity index (χ2n) is 9.00. The van der Waals surface area contributed by atoms with Gasteiger partial charge in [0.15, 0.2) is 5.78 Å². The van der Waals surface area contributed by atoms with Gasteiger partial charge >= 0.3 is 0 Å². The molecule has 7 nitrogen and oxygen atoms in total. The van der Waals surface area contributed by atoms with Crippen LogP contribution in [0.2, 0.25) is 0 Å². The number of fused-ring (bicyclic) bond motifs is 5. The van der Waals surface area contributed by atoms with Gasteiger partial charge in [-0.25, -0.2) is 4.98 Å². The first-order valence-corrected chi connectivity index (χ1v) is 11.6. The smallest absolute Gasteiger partial charge is 0.224 e. The molecule has 0 aliphatic heterocycles. The van der Waals surface area contributed by atoms with Gasteiger partial charge in [0.25, 0.3) is 0 Å². The molecule has 0 unspecified atom stereocenters. The van der Waals surface area contributed by atoms with E-state index in [9.17, 15) is 9.59 Å². The molecule has 1 aromatic heterocycles. The highest BCUT2D eigenvalue weighted by Gasteiger charge is 2.61. The zero-order valence-electron chi connectivity index (χ0n) is 18.6. The minimum absolute atomic E-state index is 0.00459. The molecule has 0 radical (unpaired) electrons. The molecule has 2 aliphatic rings. The molecule has 31 heavy (non-hydrogen) atoms. The van der Waals surface area contributed by atoms with Gasteiger partial charge in [-0.05, 0) is 36.5 Å². The van der Waals surface area contributed by atoms with E-state index >= 15 is 0 Å². The summed E-state index contributed by atoms with van der Waals surface area (Å²) in [6, 6.07) is 5.05. The highest BCUT2D eigenvalue weighted by Crippen LogP contribution is 2.66. The molecule has 0 saturated heterocycles. The predicted molar refractivity (Wildman–Crippen MR) is 120 cm³/mol. The van der Waals surface area contributed by atoms with E-state index in [1.807, 2.05) is 0 Å². The third-order valence-electron chi connectivity index (χ3n) is 7.22. The van der Waals surface area contributed by atoms with Crippen molar-refractivity contribution in [3.8, 4) is 5.75 Å². The zero-order valence-corrected chi connectivity index (χ0v) is 19.4. The molecule has 1 amide bonds. The average Bonchev–Trinajstić information content (AvgIpc) is 3.09. The molecule has 2 bridgehead atoms. The molecule has 0 spiro atoms. The topological polar surface area (TPSA) is 94.1 Å². The van der Waals surface area contributed by atoms with Gasteiger partial charge in [0, 0.05) is 23.3 Å². The Hall–Kier alpha value is -2.48. The van der Waals surface area contributed by atoms with E-state index in [-0.39, 0.29) is 28.3 Å². The summed E-state index contributed by atoms with van der Waals surface area (Å²) in [6.45, 7) is 8.63. The normalized spacial score (nSPS) is 22.8. The molecule has 164 valence electrons. The molecule has 1 heterocycles. The molecule has 2 atom stereocenters. The third kappa shape index (κ3) is 3.50. The highest BCUT2D eigenvalue weighted by atomic mass is 32.2. The van der Waals surface area contributed by atoms with E-state index in [2.05, 4.69) is 36.3 Å². The highest BCUT2D eigenvalue weighted by molar-refractivity contribution is 7.99. The van der Waals surface area contributed by atoms with E-state index in [0.717, 1.165) is 24.2 Å². The van der Waals surface area contributed by atoms with Crippen LogP contribution in [0.15, 0.2) is 23.4 Å². The number of hydrogen-bond acceptors (Lipinski definition) is 7. The second kappa shape index (κ2) is 7.89. The molecule has 1 N–H and O–H groups in total. The van der Waals surface area contributed by atoms with Gasteiger partial charge in [-0.2, -0.15) is 5.10 Å². The van der Waals surface area contributed by atoms with E-state index < -0.39 is 0 Å². The number of rotatable bonds is 7. The number of nitrogens with one attached hydrogen (secondary N) is 1.